The van der Waals surface area contributed by atoms with Crippen LogP contribution in [0.15, 0.2) is 41.3 Å². The van der Waals surface area contributed by atoms with Crippen LogP contribution >= 0.6 is 0 Å². The lowest BCUT2D eigenvalue weighted by Gasteiger charge is -2.16. The monoisotopic (exact) mass is 360 g/mol. The van der Waals surface area contributed by atoms with Crippen LogP contribution in [0.5, 0.6) is 5.75 Å². The molecular weight excluding hydrogens is 336 g/mol. The Kier molecular flexibility index (Phi) is 5.01. The molecule has 0 unspecified atom stereocenters. The molecule has 0 aromatic heterocycles. The molecule has 1 aliphatic carbocycles. The number of anilines is 1. The quantitative estimate of drug-likeness (QED) is 0.800. The molecule has 0 atom stereocenters. The van der Waals surface area contributed by atoms with Crippen molar-refractivity contribution in [3.63, 3.8) is 0 Å². The highest BCUT2D eigenvalue weighted by atomic mass is 32.2. The van der Waals surface area contributed by atoms with Gasteiger partial charge in [-0.3, -0.25) is 0 Å². The number of nitrogens with two attached hydrogens (primary N) is 1. The minimum absolute atomic E-state index is 0.00691. The van der Waals surface area contributed by atoms with E-state index in [-0.39, 0.29) is 10.9 Å². The van der Waals surface area contributed by atoms with Gasteiger partial charge in [0.05, 0.1) is 7.11 Å². The molecule has 2 aromatic carbocycles. The fourth-order valence-electron chi connectivity index (χ4n) is 3.33. The Balaban J connectivity index is 2.04. The smallest absolute Gasteiger partial charge is 0.244 e. The molecule has 134 valence electrons. The highest BCUT2D eigenvalue weighted by Gasteiger charge is 2.26. The van der Waals surface area contributed by atoms with E-state index in [0.717, 1.165) is 42.4 Å². The van der Waals surface area contributed by atoms with E-state index < -0.39 is 10.0 Å². The van der Waals surface area contributed by atoms with Crippen molar-refractivity contribution in [2.24, 2.45) is 0 Å². The predicted molar refractivity (Wildman–Crippen MR) is 100 cm³/mol. The summed E-state index contributed by atoms with van der Waals surface area (Å²) in [4.78, 5) is 0.168. The zero-order valence-corrected chi connectivity index (χ0v) is 15.4. The van der Waals surface area contributed by atoms with Crippen LogP contribution in [-0.4, -0.2) is 21.6 Å². The number of rotatable bonds is 5. The first-order chi connectivity index (χ1) is 11.9. The average Bonchev–Trinajstić information content (AvgIpc) is 3.08. The maximum absolute atomic E-state index is 12.9. The van der Waals surface area contributed by atoms with Crippen LogP contribution in [0.1, 0.15) is 31.2 Å². The van der Waals surface area contributed by atoms with E-state index in [9.17, 15) is 8.42 Å². The molecule has 1 saturated carbocycles. The molecule has 3 rings (SSSR count). The highest BCUT2D eigenvalue weighted by Crippen LogP contribution is 2.33. The van der Waals surface area contributed by atoms with Gasteiger partial charge in [-0.2, -0.15) is 0 Å². The third kappa shape index (κ3) is 3.80. The molecule has 1 aliphatic rings. The summed E-state index contributed by atoms with van der Waals surface area (Å²) in [5.74, 6) is 0.343. The molecule has 2 aromatic rings. The maximum Gasteiger partial charge on any atom is 0.244 e. The molecular formula is C19H24N2O3S. The van der Waals surface area contributed by atoms with Crippen LogP contribution in [0.3, 0.4) is 0 Å². The topological polar surface area (TPSA) is 81.4 Å². The first kappa shape index (κ1) is 17.8. The van der Waals surface area contributed by atoms with Gasteiger partial charge in [0.1, 0.15) is 10.6 Å². The number of nitrogen functional groups attached to an aromatic ring is 1. The van der Waals surface area contributed by atoms with Gasteiger partial charge in [0, 0.05) is 11.7 Å². The average molecular weight is 360 g/mol. The highest BCUT2D eigenvalue weighted by molar-refractivity contribution is 7.89. The Morgan fingerprint density at radius 3 is 2.52 bits per heavy atom. The van der Waals surface area contributed by atoms with E-state index in [1.165, 1.54) is 7.11 Å². The van der Waals surface area contributed by atoms with Crippen LogP contribution < -0.4 is 15.2 Å². The summed E-state index contributed by atoms with van der Waals surface area (Å²) in [6.45, 7) is 1.98. The summed E-state index contributed by atoms with van der Waals surface area (Å²) < 4.78 is 33.9. The van der Waals surface area contributed by atoms with Gasteiger partial charge in [0.15, 0.2) is 0 Å². The number of sulfonamides is 1. The lowest BCUT2D eigenvalue weighted by Crippen LogP contribution is -2.32. The first-order valence-electron chi connectivity index (χ1n) is 8.47. The second-order valence-electron chi connectivity index (χ2n) is 6.54. The molecule has 25 heavy (non-hydrogen) atoms. The number of aryl methyl sites for hydroxylation is 1. The summed E-state index contributed by atoms with van der Waals surface area (Å²) in [5, 5.41) is 0. The molecule has 0 aliphatic heterocycles. The van der Waals surface area contributed by atoms with Gasteiger partial charge in [0.2, 0.25) is 10.0 Å². The summed E-state index contributed by atoms with van der Waals surface area (Å²) >= 11 is 0. The lowest BCUT2D eigenvalue weighted by molar-refractivity contribution is 0.402. The molecule has 5 nitrogen and oxygen atoms in total. The predicted octanol–water partition coefficient (Wildman–Crippen LogP) is 3.47. The first-order valence-corrected chi connectivity index (χ1v) is 9.96. The van der Waals surface area contributed by atoms with E-state index in [0.29, 0.717) is 11.4 Å². The Labute approximate surface area is 149 Å². The van der Waals surface area contributed by atoms with E-state index in [2.05, 4.69) is 4.72 Å². The molecule has 0 radical (unpaired) electrons. The number of benzene rings is 2. The fourth-order valence-corrected chi connectivity index (χ4v) is 4.83. The van der Waals surface area contributed by atoms with Gasteiger partial charge < -0.3 is 10.5 Å². The Bertz CT molecular complexity index is 872. The number of ether oxygens (including phenoxy) is 1. The minimum atomic E-state index is -3.65. The molecule has 0 amide bonds. The molecule has 6 heteroatoms. The van der Waals surface area contributed by atoms with Crippen LogP contribution in [0.25, 0.3) is 11.1 Å². The third-order valence-electron chi connectivity index (χ3n) is 4.70. The second kappa shape index (κ2) is 7.06. The van der Waals surface area contributed by atoms with Gasteiger partial charge in [-0.25, -0.2) is 13.1 Å². The van der Waals surface area contributed by atoms with E-state index in [1.807, 2.05) is 31.2 Å². The van der Waals surface area contributed by atoms with Crippen LogP contribution in [0, 0.1) is 6.92 Å². The van der Waals surface area contributed by atoms with E-state index >= 15 is 0 Å². The Morgan fingerprint density at radius 2 is 1.84 bits per heavy atom. The van der Waals surface area contributed by atoms with E-state index in [4.69, 9.17) is 10.5 Å². The molecule has 1 fully saturated rings. The van der Waals surface area contributed by atoms with Crippen LogP contribution in [-0.2, 0) is 10.0 Å². The molecule has 0 saturated heterocycles. The molecule has 0 heterocycles. The Hall–Kier alpha value is -2.05. The zero-order chi connectivity index (χ0) is 18.0. The minimum Gasteiger partial charge on any atom is -0.495 e. The van der Waals surface area contributed by atoms with Crippen molar-refractivity contribution in [1.29, 1.82) is 0 Å². The van der Waals surface area contributed by atoms with Crippen molar-refractivity contribution in [3.8, 4) is 16.9 Å². The number of hydrogen-bond acceptors (Lipinski definition) is 4. The van der Waals surface area contributed by atoms with Crippen LogP contribution in [0.4, 0.5) is 5.69 Å². The second-order valence-corrected chi connectivity index (χ2v) is 8.23. The SMILES string of the molecule is COc1ccc(-c2cc(N)ccc2C)cc1S(=O)(=O)NC1CCCC1. The van der Waals surface area contributed by atoms with Crippen molar-refractivity contribution in [2.45, 2.75) is 43.5 Å². The van der Waals surface area contributed by atoms with Crippen LogP contribution in [0.2, 0.25) is 0 Å². The standard InChI is InChI=1S/C19H24N2O3S/c1-13-7-9-15(20)12-17(13)14-8-10-18(24-2)19(11-14)25(22,23)21-16-5-3-4-6-16/h7-12,16,21H,3-6,20H2,1-2H3. The van der Waals surface area contributed by atoms with E-state index in [1.54, 1.807) is 12.1 Å². The summed E-state index contributed by atoms with van der Waals surface area (Å²) in [5.41, 5.74) is 9.30. The lowest BCUT2D eigenvalue weighted by atomic mass is 10.00. The number of nitrogens with one attached hydrogen (secondary N) is 1. The number of methoxy groups -OCH3 is 1. The largest absolute Gasteiger partial charge is 0.495 e. The third-order valence-corrected chi connectivity index (χ3v) is 6.24. The fraction of sp³-hybridized carbons (Fsp3) is 0.368. The Morgan fingerprint density at radius 1 is 1.12 bits per heavy atom. The molecule has 3 N–H and O–H groups in total. The summed E-state index contributed by atoms with van der Waals surface area (Å²) in [7, 11) is -2.16. The zero-order valence-electron chi connectivity index (χ0n) is 14.6. The van der Waals surface area contributed by atoms with Crippen molar-refractivity contribution >= 4 is 15.7 Å². The van der Waals surface area contributed by atoms with Gasteiger partial charge in [-0.15, -0.1) is 0 Å². The summed E-state index contributed by atoms with van der Waals surface area (Å²) in [6, 6.07) is 10.8. The van der Waals surface area contributed by atoms with Crippen molar-refractivity contribution < 1.29 is 13.2 Å². The van der Waals surface area contributed by atoms with Gasteiger partial charge >= 0.3 is 0 Å². The number of hydrogen-bond donors (Lipinski definition) is 2. The molecule has 0 bridgehead atoms. The molecule has 0 spiro atoms. The van der Waals surface area contributed by atoms with Crippen molar-refractivity contribution in [3.05, 3.63) is 42.0 Å². The van der Waals surface area contributed by atoms with Crippen molar-refractivity contribution in [2.75, 3.05) is 12.8 Å². The van der Waals surface area contributed by atoms with Gasteiger partial charge in [-0.05, 0) is 60.7 Å². The van der Waals surface area contributed by atoms with Gasteiger partial charge in [0.25, 0.3) is 0 Å². The summed E-state index contributed by atoms with van der Waals surface area (Å²) in [6.07, 6.45) is 3.89. The normalized spacial score (nSPS) is 15.4. The van der Waals surface area contributed by atoms with Gasteiger partial charge in [-0.1, -0.05) is 25.0 Å². The maximum atomic E-state index is 12.9. The van der Waals surface area contributed by atoms with Crippen molar-refractivity contribution in [1.82, 2.24) is 4.72 Å².